The number of hydrogen-bond donors (Lipinski definition) is 1. The highest BCUT2D eigenvalue weighted by molar-refractivity contribution is 5.57. The lowest BCUT2D eigenvalue weighted by molar-refractivity contribution is 0.398. The van der Waals surface area contributed by atoms with Crippen LogP contribution in [0, 0.1) is 6.92 Å². The predicted octanol–water partition coefficient (Wildman–Crippen LogP) is 2.85. The maximum atomic E-state index is 5.15. The fourth-order valence-electron chi connectivity index (χ4n) is 2.01. The van der Waals surface area contributed by atoms with Gasteiger partial charge in [-0.3, -0.25) is 0 Å². The second-order valence-corrected chi connectivity index (χ2v) is 4.42. The quantitative estimate of drug-likeness (QED) is 0.907. The van der Waals surface area contributed by atoms with E-state index in [0.29, 0.717) is 11.7 Å². The van der Waals surface area contributed by atoms with E-state index in [1.54, 1.807) is 7.11 Å². The third-order valence-corrected chi connectivity index (χ3v) is 3.09. The second-order valence-electron chi connectivity index (χ2n) is 4.42. The third-order valence-electron chi connectivity index (χ3n) is 3.09. The van der Waals surface area contributed by atoms with Crippen LogP contribution >= 0.6 is 0 Å². The van der Waals surface area contributed by atoms with Crippen molar-refractivity contribution in [2.24, 2.45) is 0 Å². The van der Waals surface area contributed by atoms with Crippen LogP contribution in [0.1, 0.15) is 25.1 Å². The molecule has 0 spiro atoms. The Hall–Kier alpha value is -2.17. The number of ether oxygens (including phenoxy) is 1. The standard InChI is InChI=1S/C15H20N4O/c1-5-11-10(3)14(16-6-2)19-15(18-11)12-8-7-9-13(17-12)20-4/h7-9H,5-6H2,1-4H3,(H,16,18,19). The van der Waals surface area contributed by atoms with Crippen molar-refractivity contribution in [2.75, 3.05) is 19.0 Å². The van der Waals surface area contributed by atoms with Crippen molar-refractivity contribution in [3.05, 3.63) is 29.5 Å². The molecule has 5 heteroatoms. The van der Waals surface area contributed by atoms with E-state index < -0.39 is 0 Å². The van der Waals surface area contributed by atoms with E-state index in [-0.39, 0.29) is 0 Å². The number of nitrogens with zero attached hydrogens (tertiary/aromatic N) is 3. The topological polar surface area (TPSA) is 59.9 Å². The highest BCUT2D eigenvalue weighted by Crippen LogP contribution is 2.22. The zero-order chi connectivity index (χ0) is 14.5. The lowest BCUT2D eigenvalue weighted by Crippen LogP contribution is -2.08. The number of nitrogens with one attached hydrogen (secondary N) is 1. The molecule has 0 aliphatic heterocycles. The number of anilines is 1. The smallest absolute Gasteiger partial charge is 0.213 e. The molecular formula is C15H20N4O. The van der Waals surface area contributed by atoms with Gasteiger partial charge in [-0.05, 0) is 26.3 Å². The minimum atomic E-state index is 0.565. The van der Waals surface area contributed by atoms with Crippen molar-refractivity contribution in [3.8, 4) is 17.4 Å². The summed E-state index contributed by atoms with van der Waals surface area (Å²) in [6, 6.07) is 5.59. The van der Waals surface area contributed by atoms with Crippen molar-refractivity contribution >= 4 is 5.82 Å². The Labute approximate surface area is 119 Å². The second kappa shape index (κ2) is 6.32. The molecule has 0 atom stereocenters. The molecule has 106 valence electrons. The lowest BCUT2D eigenvalue weighted by atomic mass is 10.2. The Kier molecular flexibility index (Phi) is 4.50. The van der Waals surface area contributed by atoms with E-state index >= 15 is 0 Å². The summed E-state index contributed by atoms with van der Waals surface area (Å²) in [6.07, 6.45) is 0.865. The number of methoxy groups -OCH3 is 1. The summed E-state index contributed by atoms with van der Waals surface area (Å²) in [6.45, 7) is 7.01. The molecule has 5 nitrogen and oxygen atoms in total. The van der Waals surface area contributed by atoms with Crippen LogP contribution in [0.4, 0.5) is 5.82 Å². The summed E-state index contributed by atoms with van der Waals surface area (Å²) in [4.78, 5) is 13.6. The minimum absolute atomic E-state index is 0.565. The van der Waals surface area contributed by atoms with Crippen molar-refractivity contribution in [1.29, 1.82) is 0 Å². The van der Waals surface area contributed by atoms with Crippen molar-refractivity contribution in [3.63, 3.8) is 0 Å². The third kappa shape index (κ3) is 2.87. The van der Waals surface area contributed by atoms with E-state index in [1.807, 2.05) is 25.1 Å². The molecular weight excluding hydrogens is 252 g/mol. The molecule has 0 saturated carbocycles. The van der Waals surface area contributed by atoms with Crippen LogP contribution in [0.5, 0.6) is 5.88 Å². The first-order valence-corrected chi connectivity index (χ1v) is 6.82. The van der Waals surface area contributed by atoms with Crippen LogP contribution in [-0.2, 0) is 6.42 Å². The van der Waals surface area contributed by atoms with Crippen LogP contribution < -0.4 is 10.1 Å². The molecule has 0 bridgehead atoms. The highest BCUT2D eigenvalue weighted by atomic mass is 16.5. The van der Waals surface area contributed by atoms with Crippen LogP contribution in [-0.4, -0.2) is 28.6 Å². The number of rotatable bonds is 5. The molecule has 0 radical (unpaired) electrons. The normalized spacial score (nSPS) is 10.4. The van der Waals surface area contributed by atoms with Crippen molar-refractivity contribution in [2.45, 2.75) is 27.2 Å². The first-order chi connectivity index (χ1) is 9.69. The van der Waals surface area contributed by atoms with Gasteiger partial charge in [-0.15, -0.1) is 0 Å². The summed E-state index contributed by atoms with van der Waals surface area (Å²) < 4.78 is 5.15. The molecule has 2 aromatic heterocycles. The Morgan fingerprint density at radius 2 is 1.95 bits per heavy atom. The van der Waals surface area contributed by atoms with E-state index in [9.17, 15) is 0 Å². The van der Waals surface area contributed by atoms with E-state index in [0.717, 1.165) is 35.7 Å². The van der Waals surface area contributed by atoms with Crippen molar-refractivity contribution < 1.29 is 4.74 Å². The number of hydrogen-bond acceptors (Lipinski definition) is 5. The van der Waals surface area contributed by atoms with E-state index in [4.69, 9.17) is 4.74 Å². The van der Waals surface area contributed by atoms with Gasteiger partial charge in [0.15, 0.2) is 5.82 Å². The van der Waals surface area contributed by atoms with Gasteiger partial charge in [0.1, 0.15) is 11.5 Å². The number of aromatic nitrogens is 3. The van der Waals surface area contributed by atoms with Gasteiger partial charge in [0, 0.05) is 23.9 Å². The van der Waals surface area contributed by atoms with Crippen LogP contribution in [0.3, 0.4) is 0 Å². The SMILES string of the molecule is CCNc1nc(-c2cccc(OC)n2)nc(CC)c1C. The molecule has 0 unspecified atom stereocenters. The highest BCUT2D eigenvalue weighted by Gasteiger charge is 2.12. The molecule has 0 aliphatic carbocycles. The summed E-state index contributed by atoms with van der Waals surface area (Å²) >= 11 is 0. The number of aryl methyl sites for hydroxylation is 1. The molecule has 0 aliphatic rings. The van der Waals surface area contributed by atoms with Crippen LogP contribution in [0.25, 0.3) is 11.5 Å². The molecule has 0 aromatic carbocycles. The molecule has 2 heterocycles. The summed E-state index contributed by atoms with van der Waals surface area (Å²) in [5.74, 6) is 2.07. The Morgan fingerprint density at radius 3 is 2.60 bits per heavy atom. The van der Waals surface area contributed by atoms with Gasteiger partial charge in [0.05, 0.1) is 7.11 Å². The fraction of sp³-hybridized carbons (Fsp3) is 0.400. The molecule has 2 aromatic rings. The number of pyridine rings is 1. The summed E-state index contributed by atoms with van der Waals surface area (Å²) in [7, 11) is 1.60. The van der Waals surface area contributed by atoms with Gasteiger partial charge in [-0.1, -0.05) is 13.0 Å². The fourth-order valence-corrected chi connectivity index (χ4v) is 2.01. The van der Waals surface area contributed by atoms with Gasteiger partial charge >= 0.3 is 0 Å². The summed E-state index contributed by atoms with van der Waals surface area (Å²) in [5.41, 5.74) is 2.86. The molecule has 0 fully saturated rings. The van der Waals surface area contributed by atoms with Gasteiger partial charge in [0.2, 0.25) is 5.88 Å². The average molecular weight is 272 g/mol. The average Bonchev–Trinajstić information content (AvgIpc) is 2.49. The molecule has 0 saturated heterocycles. The monoisotopic (exact) mass is 272 g/mol. The zero-order valence-electron chi connectivity index (χ0n) is 12.4. The van der Waals surface area contributed by atoms with Gasteiger partial charge < -0.3 is 10.1 Å². The maximum absolute atomic E-state index is 5.15. The van der Waals surface area contributed by atoms with Gasteiger partial charge in [-0.25, -0.2) is 15.0 Å². The Bertz CT molecular complexity index is 598. The molecule has 2 rings (SSSR count). The maximum Gasteiger partial charge on any atom is 0.213 e. The minimum Gasteiger partial charge on any atom is -0.481 e. The first kappa shape index (κ1) is 14.2. The van der Waals surface area contributed by atoms with E-state index in [2.05, 4.69) is 34.1 Å². The van der Waals surface area contributed by atoms with E-state index in [1.165, 1.54) is 0 Å². The lowest BCUT2D eigenvalue weighted by Gasteiger charge is -2.12. The summed E-state index contributed by atoms with van der Waals surface area (Å²) in [5, 5.41) is 3.28. The van der Waals surface area contributed by atoms with Gasteiger partial charge in [0.25, 0.3) is 0 Å². The van der Waals surface area contributed by atoms with Crippen LogP contribution in [0.15, 0.2) is 18.2 Å². The molecule has 0 amide bonds. The van der Waals surface area contributed by atoms with Crippen LogP contribution in [0.2, 0.25) is 0 Å². The van der Waals surface area contributed by atoms with Crippen molar-refractivity contribution in [1.82, 2.24) is 15.0 Å². The predicted molar refractivity (Wildman–Crippen MR) is 80.1 cm³/mol. The molecule has 1 N–H and O–H groups in total. The molecule has 20 heavy (non-hydrogen) atoms. The zero-order valence-corrected chi connectivity index (χ0v) is 12.4. The Balaban J connectivity index is 2.52. The first-order valence-electron chi connectivity index (χ1n) is 6.82. The Morgan fingerprint density at radius 1 is 1.15 bits per heavy atom. The largest absolute Gasteiger partial charge is 0.481 e. The van der Waals surface area contributed by atoms with Gasteiger partial charge in [-0.2, -0.15) is 0 Å².